The molecule has 2 aliphatic heterocycles. The Labute approximate surface area is 220 Å². The molecule has 2 fully saturated rings. The largest absolute Gasteiger partial charge is 0.481 e. The Balaban J connectivity index is 0.000000371. The quantitative estimate of drug-likeness (QED) is 0.321. The average Bonchev–Trinajstić information content (AvgIpc) is 2.81. The normalized spacial score (nSPS) is 18.9. The number of amides is 2. The van der Waals surface area contributed by atoms with Crippen LogP contribution in [0.2, 0.25) is 0 Å². The van der Waals surface area contributed by atoms with Crippen LogP contribution >= 0.6 is 0 Å². The Morgan fingerprint density at radius 2 is 1.05 bits per heavy atom. The Morgan fingerprint density at radius 3 is 1.30 bits per heavy atom. The van der Waals surface area contributed by atoms with E-state index in [-0.39, 0.29) is 18.2 Å². The molecule has 2 heterocycles. The first kappa shape index (κ1) is 32.0. The standard InChI is InChI=1S/C14H23NO4.C13H21NO4/c1-6-14(11(16)18-5)7-9-15(10-8-14)12(17)19-13(2,3)4;1-5-13(10(15)16)6-8-14(9-7-13)11(17)18-12(2,3)4/h6H,1,7-10H2,2-5H3;5H,1,6-9H2,2-4H3,(H,15,16). The molecule has 2 amide bonds. The highest BCUT2D eigenvalue weighted by molar-refractivity contribution is 5.80. The van der Waals surface area contributed by atoms with Gasteiger partial charge in [-0.25, -0.2) is 9.59 Å². The molecule has 210 valence electrons. The minimum Gasteiger partial charge on any atom is -0.481 e. The molecular formula is C27H44N2O8. The highest BCUT2D eigenvalue weighted by atomic mass is 16.6. The maximum atomic E-state index is 11.9. The van der Waals surface area contributed by atoms with Crippen molar-refractivity contribution < 1.29 is 38.5 Å². The number of carbonyl (C=O) groups excluding carboxylic acids is 3. The topological polar surface area (TPSA) is 123 Å². The number of hydrogen-bond acceptors (Lipinski definition) is 7. The lowest BCUT2D eigenvalue weighted by atomic mass is 9.78. The molecule has 1 N–H and O–H groups in total. The van der Waals surface area contributed by atoms with E-state index in [0.29, 0.717) is 51.9 Å². The summed E-state index contributed by atoms with van der Waals surface area (Å²) in [4.78, 5) is 49.9. The molecule has 0 spiro atoms. The van der Waals surface area contributed by atoms with Gasteiger partial charge in [-0.1, -0.05) is 12.2 Å². The van der Waals surface area contributed by atoms with Gasteiger partial charge in [0.15, 0.2) is 0 Å². The van der Waals surface area contributed by atoms with Gasteiger partial charge in [-0.05, 0) is 67.2 Å². The summed E-state index contributed by atoms with van der Waals surface area (Å²) in [6.07, 6.45) is 4.18. The van der Waals surface area contributed by atoms with E-state index in [2.05, 4.69) is 13.2 Å². The number of ether oxygens (including phenoxy) is 3. The summed E-state index contributed by atoms with van der Waals surface area (Å²) in [7, 11) is 1.37. The molecule has 0 aromatic carbocycles. The predicted octanol–water partition coefficient (Wildman–Crippen LogP) is 4.64. The number of piperidine rings is 2. The smallest absolute Gasteiger partial charge is 0.410 e. The molecule has 0 bridgehead atoms. The van der Waals surface area contributed by atoms with Crippen LogP contribution in [-0.4, -0.2) is 83.5 Å². The summed E-state index contributed by atoms with van der Waals surface area (Å²) in [5.74, 6) is -1.16. The van der Waals surface area contributed by atoms with Crippen molar-refractivity contribution in [3.8, 4) is 0 Å². The molecular weight excluding hydrogens is 480 g/mol. The zero-order chi connectivity index (χ0) is 28.7. The van der Waals surface area contributed by atoms with Crippen molar-refractivity contribution in [1.29, 1.82) is 0 Å². The summed E-state index contributed by atoms with van der Waals surface area (Å²) < 4.78 is 15.4. The van der Waals surface area contributed by atoms with E-state index in [0.717, 1.165) is 0 Å². The number of carboxylic acid groups (broad SMARTS) is 1. The third kappa shape index (κ3) is 9.09. The number of hydrogen-bond donors (Lipinski definition) is 1. The maximum Gasteiger partial charge on any atom is 0.410 e. The fourth-order valence-corrected chi connectivity index (χ4v) is 4.03. The van der Waals surface area contributed by atoms with Gasteiger partial charge in [-0.2, -0.15) is 0 Å². The van der Waals surface area contributed by atoms with Crippen LogP contribution in [0.15, 0.2) is 25.3 Å². The van der Waals surface area contributed by atoms with Crippen LogP contribution < -0.4 is 0 Å². The van der Waals surface area contributed by atoms with Gasteiger partial charge < -0.3 is 29.1 Å². The molecule has 0 radical (unpaired) electrons. The van der Waals surface area contributed by atoms with Crippen molar-refractivity contribution in [2.24, 2.45) is 10.8 Å². The van der Waals surface area contributed by atoms with E-state index >= 15 is 0 Å². The van der Waals surface area contributed by atoms with Gasteiger partial charge in [0.2, 0.25) is 0 Å². The fraction of sp³-hybridized carbons (Fsp3) is 0.704. The van der Waals surface area contributed by atoms with Crippen LogP contribution in [0.25, 0.3) is 0 Å². The van der Waals surface area contributed by atoms with Crippen LogP contribution in [0.4, 0.5) is 9.59 Å². The number of methoxy groups -OCH3 is 1. The van der Waals surface area contributed by atoms with Gasteiger partial charge in [0.05, 0.1) is 17.9 Å². The third-order valence-corrected chi connectivity index (χ3v) is 6.41. The summed E-state index contributed by atoms with van der Waals surface area (Å²) in [5.41, 5.74) is -2.62. The summed E-state index contributed by atoms with van der Waals surface area (Å²) in [6, 6.07) is 0. The molecule has 37 heavy (non-hydrogen) atoms. The number of nitrogens with zero attached hydrogens (tertiary/aromatic N) is 2. The van der Waals surface area contributed by atoms with E-state index < -0.39 is 28.0 Å². The third-order valence-electron chi connectivity index (χ3n) is 6.41. The molecule has 10 nitrogen and oxygen atoms in total. The molecule has 0 aromatic rings. The lowest BCUT2D eigenvalue weighted by Gasteiger charge is -2.38. The number of carbonyl (C=O) groups is 4. The molecule has 2 aliphatic rings. The minimum absolute atomic E-state index is 0.286. The molecule has 10 heteroatoms. The number of likely N-dealkylation sites (tertiary alicyclic amines) is 2. The monoisotopic (exact) mass is 524 g/mol. The zero-order valence-corrected chi connectivity index (χ0v) is 23.4. The molecule has 2 saturated heterocycles. The highest BCUT2D eigenvalue weighted by Crippen LogP contribution is 2.35. The van der Waals surface area contributed by atoms with Gasteiger partial charge in [-0.3, -0.25) is 9.59 Å². The van der Waals surface area contributed by atoms with Crippen molar-refractivity contribution in [1.82, 2.24) is 9.80 Å². The Hall–Kier alpha value is -3.04. The highest BCUT2D eigenvalue weighted by Gasteiger charge is 2.42. The van der Waals surface area contributed by atoms with Gasteiger partial charge in [0.25, 0.3) is 0 Å². The molecule has 0 aliphatic carbocycles. The molecule has 2 rings (SSSR count). The van der Waals surface area contributed by atoms with Crippen LogP contribution in [0.1, 0.15) is 67.2 Å². The fourth-order valence-electron chi connectivity index (χ4n) is 4.03. The van der Waals surface area contributed by atoms with Gasteiger partial charge in [-0.15, -0.1) is 13.2 Å². The lowest BCUT2D eigenvalue weighted by Crippen LogP contribution is -2.47. The van der Waals surface area contributed by atoms with Gasteiger partial charge in [0, 0.05) is 26.2 Å². The van der Waals surface area contributed by atoms with Gasteiger partial charge >= 0.3 is 24.1 Å². The van der Waals surface area contributed by atoms with Crippen molar-refractivity contribution in [3.05, 3.63) is 25.3 Å². The van der Waals surface area contributed by atoms with E-state index in [1.807, 2.05) is 20.8 Å². The van der Waals surface area contributed by atoms with Crippen molar-refractivity contribution in [2.45, 2.75) is 78.4 Å². The first-order chi connectivity index (χ1) is 16.9. The molecule has 0 saturated carbocycles. The zero-order valence-electron chi connectivity index (χ0n) is 23.4. The Morgan fingerprint density at radius 1 is 0.730 bits per heavy atom. The first-order valence-electron chi connectivity index (χ1n) is 12.5. The van der Waals surface area contributed by atoms with Crippen LogP contribution in [0.3, 0.4) is 0 Å². The maximum absolute atomic E-state index is 11.9. The SMILES string of the molecule is C=CC1(C(=O)O)CCN(C(=O)OC(C)(C)C)CC1.C=CC1(C(=O)OC)CCN(C(=O)OC(C)(C)C)CC1. The second-order valence-electron chi connectivity index (χ2n) is 11.5. The summed E-state index contributed by atoms with van der Waals surface area (Å²) >= 11 is 0. The average molecular weight is 525 g/mol. The van der Waals surface area contributed by atoms with E-state index in [4.69, 9.17) is 14.2 Å². The Bertz CT molecular complexity index is 853. The number of aliphatic carboxylic acids is 1. The number of esters is 1. The first-order valence-corrected chi connectivity index (χ1v) is 12.5. The van der Waals surface area contributed by atoms with Crippen molar-refractivity contribution in [3.63, 3.8) is 0 Å². The molecule has 0 aromatic heterocycles. The number of rotatable bonds is 4. The summed E-state index contributed by atoms with van der Waals surface area (Å²) in [5, 5.41) is 9.19. The lowest BCUT2D eigenvalue weighted by molar-refractivity contribution is -0.152. The Kier molecular flexibility index (Phi) is 10.8. The minimum atomic E-state index is -0.904. The van der Waals surface area contributed by atoms with Crippen molar-refractivity contribution >= 4 is 24.1 Å². The van der Waals surface area contributed by atoms with Gasteiger partial charge in [0.1, 0.15) is 11.2 Å². The second kappa shape index (κ2) is 12.5. The predicted molar refractivity (Wildman–Crippen MR) is 139 cm³/mol. The van der Waals surface area contributed by atoms with Crippen LogP contribution in [-0.2, 0) is 23.8 Å². The second-order valence-corrected chi connectivity index (χ2v) is 11.5. The van der Waals surface area contributed by atoms with Crippen LogP contribution in [0, 0.1) is 10.8 Å². The van der Waals surface area contributed by atoms with E-state index in [1.165, 1.54) is 13.2 Å². The van der Waals surface area contributed by atoms with Crippen LogP contribution in [0.5, 0.6) is 0 Å². The molecule has 0 atom stereocenters. The van der Waals surface area contributed by atoms with E-state index in [1.54, 1.807) is 36.6 Å². The summed E-state index contributed by atoms with van der Waals surface area (Å²) in [6.45, 7) is 19.9. The van der Waals surface area contributed by atoms with E-state index in [9.17, 15) is 24.3 Å². The molecule has 0 unspecified atom stereocenters. The van der Waals surface area contributed by atoms with Crippen molar-refractivity contribution in [2.75, 3.05) is 33.3 Å². The number of carboxylic acids is 1.